The van der Waals surface area contributed by atoms with E-state index in [2.05, 4.69) is 0 Å². The molecule has 0 heterocycles. The molecule has 0 aromatic rings. The van der Waals surface area contributed by atoms with E-state index in [1.807, 2.05) is 20.8 Å². The van der Waals surface area contributed by atoms with E-state index in [1.165, 1.54) is 6.92 Å². The largest absolute Gasteiger partial charge is 0.304 e. The normalized spacial score (nSPS) is 9.30. The fraction of sp³-hybridized carbons (Fsp3) is 0.750. The highest BCUT2D eigenvalue weighted by molar-refractivity contribution is 5.80. The van der Waals surface area contributed by atoms with Crippen LogP contribution in [-0.4, -0.2) is 12.1 Å². The summed E-state index contributed by atoms with van der Waals surface area (Å²) in [5.74, 6) is 0.243. The first kappa shape index (κ1) is 12.1. The molecule has 10 heavy (non-hydrogen) atoms. The lowest BCUT2D eigenvalue weighted by Gasteiger charge is -2.11. The van der Waals surface area contributed by atoms with E-state index in [0.717, 1.165) is 6.29 Å². The van der Waals surface area contributed by atoms with E-state index in [1.54, 1.807) is 6.92 Å². The summed E-state index contributed by atoms with van der Waals surface area (Å²) in [5, 5.41) is 0. The fourth-order valence-corrected chi connectivity index (χ4v) is 0. The van der Waals surface area contributed by atoms with Gasteiger partial charge in [-0.25, -0.2) is 0 Å². The van der Waals surface area contributed by atoms with Gasteiger partial charge in [-0.1, -0.05) is 20.8 Å². The second-order valence-electron chi connectivity index (χ2n) is 3.04. The number of Topliss-reactive ketones (excluding diaryl/α,β-unsaturated/α-hetero) is 1. The number of aldehydes is 1. The average molecular weight is 144 g/mol. The molecule has 2 heteroatoms. The lowest BCUT2D eigenvalue weighted by atomic mass is 9.92. The van der Waals surface area contributed by atoms with E-state index in [-0.39, 0.29) is 11.2 Å². The van der Waals surface area contributed by atoms with Crippen molar-refractivity contribution in [3.05, 3.63) is 0 Å². The topological polar surface area (TPSA) is 34.1 Å². The standard InChI is InChI=1S/C6H12O.C2H4O/c1-5(7)6(2,3)4;1-2-3/h1-4H3;2H,1H3. The second kappa shape index (κ2) is 5.15. The average Bonchev–Trinajstić information content (AvgIpc) is 1.64. The van der Waals surface area contributed by atoms with Gasteiger partial charge in [-0.2, -0.15) is 0 Å². The molecule has 0 unspecified atom stereocenters. The van der Waals surface area contributed by atoms with Crippen molar-refractivity contribution < 1.29 is 9.59 Å². The van der Waals surface area contributed by atoms with Gasteiger partial charge in [-0.05, 0) is 13.8 Å². The Labute approximate surface area is 62.6 Å². The zero-order chi connectivity index (χ0) is 8.78. The molecule has 0 aliphatic carbocycles. The van der Waals surface area contributed by atoms with Gasteiger partial charge in [0.15, 0.2) is 0 Å². The molecule has 0 radical (unpaired) electrons. The summed E-state index contributed by atoms with van der Waals surface area (Å²) in [5.41, 5.74) is -0.139. The molecule has 0 N–H and O–H groups in total. The molecule has 0 saturated carbocycles. The molecule has 0 aliphatic heterocycles. The first-order chi connectivity index (χ1) is 4.36. The van der Waals surface area contributed by atoms with Crippen molar-refractivity contribution in [3.63, 3.8) is 0 Å². The number of carbonyl (C=O) groups is 2. The Hall–Kier alpha value is -0.660. The predicted octanol–water partition coefficient (Wildman–Crippen LogP) is 1.83. The molecule has 0 bridgehead atoms. The van der Waals surface area contributed by atoms with Crippen LogP contribution in [0.1, 0.15) is 34.6 Å². The quantitative estimate of drug-likeness (QED) is 0.486. The minimum absolute atomic E-state index is 0.139. The predicted molar refractivity (Wildman–Crippen MR) is 41.9 cm³/mol. The SMILES string of the molecule is CC(=O)C(C)(C)C.CC=O. The van der Waals surface area contributed by atoms with Crippen LogP contribution in [0.15, 0.2) is 0 Å². The highest BCUT2D eigenvalue weighted by Crippen LogP contribution is 2.12. The Balaban J connectivity index is 0. The molecular formula is C8H16O2. The minimum Gasteiger partial charge on any atom is -0.304 e. The van der Waals surface area contributed by atoms with Crippen LogP contribution in [-0.2, 0) is 9.59 Å². The lowest BCUT2D eigenvalue weighted by Crippen LogP contribution is -2.15. The van der Waals surface area contributed by atoms with E-state index in [0.29, 0.717) is 0 Å². The van der Waals surface area contributed by atoms with Gasteiger partial charge in [0.2, 0.25) is 0 Å². The van der Waals surface area contributed by atoms with Gasteiger partial charge >= 0.3 is 0 Å². The Morgan fingerprint density at radius 3 is 1.40 bits per heavy atom. The first-order valence-electron chi connectivity index (χ1n) is 3.27. The molecule has 0 amide bonds. The molecule has 60 valence electrons. The first-order valence-corrected chi connectivity index (χ1v) is 3.27. The Morgan fingerprint density at radius 2 is 1.40 bits per heavy atom. The van der Waals surface area contributed by atoms with Gasteiger partial charge in [0.05, 0.1) is 0 Å². The maximum Gasteiger partial charge on any atom is 0.135 e. The van der Waals surface area contributed by atoms with Crippen LogP contribution in [0.4, 0.5) is 0 Å². The Bertz CT molecular complexity index is 109. The summed E-state index contributed by atoms with van der Waals surface area (Å²) in [4.78, 5) is 19.3. The summed E-state index contributed by atoms with van der Waals surface area (Å²) in [6.45, 7) is 8.79. The number of carbonyl (C=O) groups excluding carboxylic acids is 2. The van der Waals surface area contributed by atoms with Crippen molar-refractivity contribution >= 4 is 12.1 Å². The fourth-order valence-electron chi connectivity index (χ4n) is 0. The van der Waals surface area contributed by atoms with E-state index in [9.17, 15) is 4.79 Å². The molecule has 0 aromatic heterocycles. The van der Waals surface area contributed by atoms with Gasteiger partial charge < -0.3 is 4.79 Å². The van der Waals surface area contributed by atoms with Crippen molar-refractivity contribution in [3.8, 4) is 0 Å². The number of hydrogen-bond donors (Lipinski definition) is 0. The third kappa shape index (κ3) is 10.3. The maximum absolute atomic E-state index is 10.5. The minimum atomic E-state index is -0.139. The molecule has 0 spiro atoms. The molecule has 0 fully saturated rings. The third-order valence-electron chi connectivity index (χ3n) is 1.06. The summed E-state index contributed by atoms with van der Waals surface area (Å²) in [6, 6.07) is 0. The highest BCUT2D eigenvalue weighted by Gasteiger charge is 2.14. The van der Waals surface area contributed by atoms with E-state index < -0.39 is 0 Å². The Morgan fingerprint density at radius 1 is 1.30 bits per heavy atom. The monoisotopic (exact) mass is 144 g/mol. The second-order valence-corrected chi connectivity index (χ2v) is 3.04. The van der Waals surface area contributed by atoms with Gasteiger partial charge in [-0.3, -0.25) is 4.79 Å². The van der Waals surface area contributed by atoms with Crippen LogP contribution in [0.25, 0.3) is 0 Å². The van der Waals surface area contributed by atoms with Crippen molar-refractivity contribution in [1.29, 1.82) is 0 Å². The molecule has 0 saturated heterocycles. The van der Waals surface area contributed by atoms with Crippen molar-refractivity contribution in [2.24, 2.45) is 5.41 Å². The summed E-state index contributed by atoms with van der Waals surface area (Å²) in [6.07, 6.45) is 0.750. The molecule has 0 aromatic carbocycles. The van der Waals surface area contributed by atoms with Crippen LogP contribution >= 0.6 is 0 Å². The van der Waals surface area contributed by atoms with Crippen molar-refractivity contribution in [2.45, 2.75) is 34.6 Å². The summed E-state index contributed by atoms with van der Waals surface area (Å²) < 4.78 is 0. The zero-order valence-corrected chi connectivity index (χ0v) is 7.39. The summed E-state index contributed by atoms with van der Waals surface area (Å²) >= 11 is 0. The van der Waals surface area contributed by atoms with Crippen LogP contribution in [0, 0.1) is 5.41 Å². The van der Waals surface area contributed by atoms with Gasteiger partial charge in [-0.15, -0.1) is 0 Å². The third-order valence-corrected chi connectivity index (χ3v) is 1.06. The number of ketones is 1. The zero-order valence-electron chi connectivity index (χ0n) is 7.39. The van der Waals surface area contributed by atoms with Crippen molar-refractivity contribution in [1.82, 2.24) is 0 Å². The van der Waals surface area contributed by atoms with Crippen molar-refractivity contribution in [2.75, 3.05) is 0 Å². The van der Waals surface area contributed by atoms with Gasteiger partial charge in [0, 0.05) is 5.41 Å². The van der Waals surface area contributed by atoms with Gasteiger partial charge in [0.1, 0.15) is 12.1 Å². The van der Waals surface area contributed by atoms with Crippen LogP contribution in [0.2, 0.25) is 0 Å². The number of hydrogen-bond acceptors (Lipinski definition) is 2. The Kier molecular flexibility index (Phi) is 6.21. The van der Waals surface area contributed by atoms with Crippen LogP contribution in [0.5, 0.6) is 0 Å². The van der Waals surface area contributed by atoms with Crippen LogP contribution in [0.3, 0.4) is 0 Å². The highest BCUT2D eigenvalue weighted by atomic mass is 16.1. The molecule has 2 nitrogen and oxygen atoms in total. The van der Waals surface area contributed by atoms with E-state index in [4.69, 9.17) is 4.79 Å². The van der Waals surface area contributed by atoms with Gasteiger partial charge in [0.25, 0.3) is 0 Å². The smallest absolute Gasteiger partial charge is 0.135 e. The molecular weight excluding hydrogens is 128 g/mol. The molecule has 0 atom stereocenters. The molecule has 0 rings (SSSR count). The van der Waals surface area contributed by atoms with E-state index >= 15 is 0 Å². The molecule has 0 aliphatic rings. The maximum atomic E-state index is 10.5. The number of rotatable bonds is 0. The lowest BCUT2D eigenvalue weighted by molar-refractivity contribution is -0.124. The summed E-state index contributed by atoms with van der Waals surface area (Å²) in [7, 11) is 0. The van der Waals surface area contributed by atoms with Crippen LogP contribution < -0.4 is 0 Å².